The van der Waals surface area contributed by atoms with Crippen molar-refractivity contribution in [3.63, 3.8) is 0 Å². The van der Waals surface area contributed by atoms with Crippen molar-refractivity contribution in [3.8, 4) is 0 Å². The van der Waals surface area contributed by atoms with Gasteiger partial charge in [-0.2, -0.15) is 0 Å². The first-order chi connectivity index (χ1) is 49.8. The summed E-state index contributed by atoms with van der Waals surface area (Å²) in [6.45, 7) is 12.0. The van der Waals surface area contributed by atoms with Gasteiger partial charge in [0.15, 0.2) is 12.2 Å². The largest absolute Gasteiger partial charge is 0.472 e. The van der Waals surface area contributed by atoms with E-state index in [-0.39, 0.29) is 25.7 Å². The molecule has 0 aromatic heterocycles. The van der Waals surface area contributed by atoms with Gasteiger partial charge in [0.25, 0.3) is 0 Å². The second-order valence-corrected chi connectivity index (χ2v) is 34.3. The van der Waals surface area contributed by atoms with Crippen molar-refractivity contribution in [2.24, 2.45) is 17.8 Å². The molecule has 0 fully saturated rings. The lowest BCUT2D eigenvalue weighted by atomic mass is 9.99. The molecule has 0 aromatic rings. The molecule has 0 aliphatic rings. The van der Waals surface area contributed by atoms with E-state index in [2.05, 4.69) is 48.5 Å². The van der Waals surface area contributed by atoms with E-state index < -0.39 is 97.5 Å². The van der Waals surface area contributed by atoms with Gasteiger partial charge in [-0.25, -0.2) is 9.13 Å². The van der Waals surface area contributed by atoms with E-state index in [9.17, 15) is 43.2 Å². The number of esters is 4. The van der Waals surface area contributed by atoms with Gasteiger partial charge in [0.05, 0.1) is 26.4 Å². The standard InChI is InChI=1S/C84H164O17P2/c1-8-10-11-12-13-14-15-16-17-18-19-20-24-27-30-36-44-51-58-65-81(86)94-71-79(100-83(88)67-60-53-46-37-31-28-25-22-21-23-26-29-34-41-48-55-62-75(3)4)73-98-102(90,91)96-69-78(85)70-97-103(92,93)99-74-80(72-95-82(87)66-59-52-45-40-39-43-50-57-64-77(7)9-2)101-84(89)68-61-54-47-38-33-32-35-42-49-56-63-76(5)6/h75-80,85H,8-74H2,1-7H3,(H,90,91)(H,92,93)/t77?,78-,79-,80-/m1/s1. The van der Waals surface area contributed by atoms with Crippen LogP contribution in [0.5, 0.6) is 0 Å². The average molecular weight is 1510 g/mol. The Morgan fingerprint density at radius 2 is 0.495 bits per heavy atom. The van der Waals surface area contributed by atoms with Crippen molar-refractivity contribution in [2.45, 2.75) is 458 Å². The van der Waals surface area contributed by atoms with Gasteiger partial charge in [0.1, 0.15) is 19.3 Å². The van der Waals surface area contributed by atoms with Crippen molar-refractivity contribution in [3.05, 3.63) is 0 Å². The molecule has 3 N–H and O–H groups in total. The van der Waals surface area contributed by atoms with Crippen molar-refractivity contribution < 1.29 is 80.2 Å². The topological polar surface area (TPSA) is 237 Å². The smallest absolute Gasteiger partial charge is 0.462 e. The lowest BCUT2D eigenvalue weighted by Crippen LogP contribution is -2.30. The minimum absolute atomic E-state index is 0.106. The summed E-state index contributed by atoms with van der Waals surface area (Å²) in [6.07, 6.45) is 63.8. The normalized spacial score (nSPS) is 14.2. The zero-order valence-corrected chi connectivity index (χ0v) is 69.6. The number of ether oxygens (including phenoxy) is 4. The predicted octanol–water partition coefficient (Wildman–Crippen LogP) is 25.3. The Bertz CT molecular complexity index is 1990. The molecular formula is C84H164O17P2. The van der Waals surface area contributed by atoms with Gasteiger partial charge < -0.3 is 33.8 Å². The Balaban J connectivity index is 5.25. The second kappa shape index (κ2) is 74.2. The molecule has 0 bridgehead atoms. The molecule has 0 rings (SSSR count). The zero-order chi connectivity index (χ0) is 75.8. The monoisotopic (exact) mass is 1510 g/mol. The van der Waals surface area contributed by atoms with Gasteiger partial charge in [0, 0.05) is 25.7 Å². The number of phosphoric ester groups is 2. The maximum Gasteiger partial charge on any atom is 0.472 e. The van der Waals surface area contributed by atoms with Crippen LogP contribution in [-0.4, -0.2) is 96.7 Å². The molecule has 0 amide bonds. The first-order valence-electron chi connectivity index (χ1n) is 43.4. The van der Waals surface area contributed by atoms with Crippen LogP contribution in [0.1, 0.15) is 440 Å². The highest BCUT2D eigenvalue weighted by molar-refractivity contribution is 7.47. The van der Waals surface area contributed by atoms with E-state index in [4.69, 9.17) is 37.0 Å². The summed E-state index contributed by atoms with van der Waals surface area (Å²) in [6, 6.07) is 0. The summed E-state index contributed by atoms with van der Waals surface area (Å²) in [5, 5.41) is 10.7. The van der Waals surface area contributed by atoms with Crippen LogP contribution < -0.4 is 0 Å². The van der Waals surface area contributed by atoms with Gasteiger partial charge >= 0.3 is 39.5 Å². The van der Waals surface area contributed by atoms with E-state index in [1.54, 1.807) is 0 Å². The summed E-state index contributed by atoms with van der Waals surface area (Å²) < 4.78 is 68.8. The Labute approximate surface area is 632 Å². The first kappa shape index (κ1) is 101. The predicted molar refractivity (Wildman–Crippen MR) is 423 cm³/mol. The number of rotatable bonds is 82. The van der Waals surface area contributed by atoms with Crippen LogP contribution in [0.25, 0.3) is 0 Å². The van der Waals surface area contributed by atoms with Crippen molar-refractivity contribution in [1.82, 2.24) is 0 Å². The quantitative estimate of drug-likeness (QED) is 0.0222. The molecule has 3 unspecified atom stereocenters. The second-order valence-electron chi connectivity index (χ2n) is 31.4. The summed E-state index contributed by atoms with van der Waals surface area (Å²) in [7, 11) is -9.93. The fourth-order valence-electron chi connectivity index (χ4n) is 13.0. The molecule has 103 heavy (non-hydrogen) atoms. The van der Waals surface area contributed by atoms with E-state index in [1.807, 2.05) is 0 Å². The Hall–Kier alpha value is -1.94. The van der Waals surface area contributed by atoms with Crippen molar-refractivity contribution in [2.75, 3.05) is 39.6 Å². The third-order valence-corrected chi connectivity index (χ3v) is 21.9. The molecule has 0 aliphatic heterocycles. The molecule has 0 saturated heterocycles. The molecular weight excluding hydrogens is 1340 g/mol. The van der Waals surface area contributed by atoms with E-state index in [1.165, 1.54) is 250 Å². The third-order valence-electron chi connectivity index (χ3n) is 20.0. The molecule has 612 valence electrons. The third kappa shape index (κ3) is 76.6. The molecule has 0 aromatic carbocycles. The number of aliphatic hydroxyl groups is 1. The Kier molecular flexibility index (Phi) is 72.8. The number of aliphatic hydroxyl groups excluding tert-OH is 1. The van der Waals surface area contributed by atoms with Crippen LogP contribution in [0.4, 0.5) is 0 Å². The lowest BCUT2D eigenvalue weighted by molar-refractivity contribution is -0.161. The maximum absolute atomic E-state index is 13.1. The minimum Gasteiger partial charge on any atom is -0.462 e. The average Bonchev–Trinajstić information content (AvgIpc) is 0.909. The number of phosphoric acid groups is 2. The van der Waals surface area contributed by atoms with Crippen LogP contribution in [0.15, 0.2) is 0 Å². The summed E-state index contributed by atoms with van der Waals surface area (Å²) in [4.78, 5) is 73.2. The SMILES string of the molecule is CCCCCCCCCCCCCCCCCCCCCC(=O)OC[C@H](COP(=O)(O)OC[C@@H](O)COP(=O)(O)OC[C@@H](COC(=O)CCCCCCCCCCC(C)CC)OC(=O)CCCCCCCCCCCCC(C)C)OC(=O)CCCCCCCCCCCCCCCCCCC(C)C. The number of unbranched alkanes of at least 4 members (excludes halogenated alkanes) is 49. The fourth-order valence-corrected chi connectivity index (χ4v) is 14.6. The zero-order valence-electron chi connectivity index (χ0n) is 67.8. The van der Waals surface area contributed by atoms with Crippen LogP contribution in [0, 0.1) is 17.8 Å². The van der Waals surface area contributed by atoms with Gasteiger partial charge in [-0.3, -0.25) is 37.3 Å². The Morgan fingerprint density at radius 1 is 0.282 bits per heavy atom. The molecule has 0 aliphatic carbocycles. The fraction of sp³-hybridized carbons (Fsp3) is 0.952. The summed E-state index contributed by atoms with van der Waals surface area (Å²) in [5.41, 5.74) is 0. The van der Waals surface area contributed by atoms with Crippen LogP contribution in [0.3, 0.4) is 0 Å². The summed E-state index contributed by atoms with van der Waals surface area (Å²) in [5.74, 6) is 0.231. The van der Waals surface area contributed by atoms with E-state index in [0.717, 1.165) is 108 Å². The molecule has 19 heteroatoms. The molecule has 0 spiro atoms. The molecule has 0 heterocycles. The van der Waals surface area contributed by atoms with Crippen LogP contribution >= 0.6 is 15.6 Å². The molecule has 17 nitrogen and oxygen atoms in total. The number of hydrogen-bond donors (Lipinski definition) is 3. The van der Waals surface area contributed by atoms with Gasteiger partial charge in [0.2, 0.25) is 0 Å². The number of carbonyl (C=O) groups is 4. The lowest BCUT2D eigenvalue weighted by Gasteiger charge is -2.21. The van der Waals surface area contributed by atoms with E-state index in [0.29, 0.717) is 25.7 Å². The van der Waals surface area contributed by atoms with Gasteiger partial charge in [-0.15, -0.1) is 0 Å². The van der Waals surface area contributed by atoms with E-state index >= 15 is 0 Å². The van der Waals surface area contributed by atoms with Crippen LogP contribution in [0.2, 0.25) is 0 Å². The highest BCUT2D eigenvalue weighted by Crippen LogP contribution is 2.45. The highest BCUT2D eigenvalue weighted by Gasteiger charge is 2.30. The van der Waals surface area contributed by atoms with Gasteiger partial charge in [-0.05, 0) is 43.4 Å². The molecule has 0 saturated carbocycles. The van der Waals surface area contributed by atoms with Gasteiger partial charge in [-0.1, -0.05) is 389 Å². The van der Waals surface area contributed by atoms with Crippen molar-refractivity contribution >= 4 is 39.5 Å². The van der Waals surface area contributed by atoms with Crippen molar-refractivity contribution in [1.29, 1.82) is 0 Å². The summed E-state index contributed by atoms with van der Waals surface area (Å²) >= 11 is 0. The van der Waals surface area contributed by atoms with Crippen LogP contribution in [-0.2, 0) is 65.4 Å². The highest BCUT2D eigenvalue weighted by atomic mass is 31.2. The number of carbonyl (C=O) groups excluding carboxylic acids is 4. The first-order valence-corrected chi connectivity index (χ1v) is 46.4. The minimum atomic E-state index is -4.97. The number of hydrogen-bond acceptors (Lipinski definition) is 15. The Morgan fingerprint density at radius 3 is 0.738 bits per heavy atom. The maximum atomic E-state index is 13.1. The molecule has 0 radical (unpaired) electrons. The molecule has 6 atom stereocenters.